The normalized spacial score (nSPS) is 11.3. The van der Waals surface area contributed by atoms with Crippen molar-refractivity contribution in [1.82, 2.24) is 14.1 Å². The first kappa shape index (κ1) is 27.4. The molecule has 0 saturated carbocycles. The van der Waals surface area contributed by atoms with Gasteiger partial charge in [-0.25, -0.2) is 0 Å². The summed E-state index contributed by atoms with van der Waals surface area (Å²) in [6, 6.07) is 54.0. The van der Waals surface area contributed by atoms with E-state index in [1.807, 2.05) is 66.7 Å². The molecule has 5 nitrogen and oxygen atoms in total. The molecule has 48 heavy (non-hydrogen) atoms. The van der Waals surface area contributed by atoms with Crippen LogP contribution >= 0.6 is 0 Å². The standard InChI is InChI=1S/C43H25N5/c44-26-28-22-23-34(42(25-28)48-39-19-7-3-13-32(39)33-14-4-8-20-40(33)48)29-15-9-16-35(36(29)27-45)43-41(21-10-24-46-43)47-37-17-5-1-11-30(37)31-12-2-6-18-38(31)47/h1-25H. The molecule has 0 amide bonds. The molecule has 3 aromatic heterocycles. The van der Waals surface area contributed by atoms with Crippen molar-refractivity contribution >= 4 is 43.6 Å². The van der Waals surface area contributed by atoms with Gasteiger partial charge in [0, 0.05) is 44.4 Å². The number of fused-ring (bicyclic) bond motifs is 6. The maximum atomic E-state index is 10.9. The monoisotopic (exact) mass is 611 g/mol. The number of rotatable bonds is 4. The first-order chi connectivity index (χ1) is 23.8. The lowest BCUT2D eigenvalue weighted by molar-refractivity contribution is 1.14. The van der Waals surface area contributed by atoms with E-state index in [4.69, 9.17) is 4.98 Å². The van der Waals surface area contributed by atoms with Gasteiger partial charge in [0.15, 0.2) is 0 Å². The van der Waals surface area contributed by atoms with E-state index >= 15 is 0 Å². The molecule has 0 bridgehead atoms. The fourth-order valence-electron chi connectivity index (χ4n) is 7.26. The molecule has 0 aliphatic heterocycles. The number of nitrogens with zero attached hydrogens (tertiary/aromatic N) is 5. The summed E-state index contributed by atoms with van der Waals surface area (Å²) in [6.45, 7) is 0. The second-order valence-electron chi connectivity index (χ2n) is 11.8. The van der Waals surface area contributed by atoms with Crippen LogP contribution in [0.3, 0.4) is 0 Å². The maximum absolute atomic E-state index is 10.9. The third-order valence-electron chi connectivity index (χ3n) is 9.28. The molecule has 3 heterocycles. The first-order valence-corrected chi connectivity index (χ1v) is 15.8. The minimum Gasteiger partial charge on any atom is -0.309 e. The third kappa shape index (κ3) is 3.99. The summed E-state index contributed by atoms with van der Waals surface area (Å²) in [5.74, 6) is 0. The summed E-state index contributed by atoms with van der Waals surface area (Å²) in [6.07, 6.45) is 1.78. The van der Waals surface area contributed by atoms with Crippen molar-refractivity contribution in [2.45, 2.75) is 0 Å². The van der Waals surface area contributed by atoms with Crippen LogP contribution in [0.5, 0.6) is 0 Å². The molecule has 222 valence electrons. The van der Waals surface area contributed by atoms with Crippen LogP contribution in [-0.2, 0) is 0 Å². The smallest absolute Gasteiger partial charge is 0.100 e. The highest BCUT2D eigenvalue weighted by molar-refractivity contribution is 6.11. The molecule has 9 rings (SSSR count). The Labute approximate surface area is 276 Å². The highest BCUT2D eigenvalue weighted by atomic mass is 15.0. The molecule has 0 saturated heterocycles. The molecule has 0 N–H and O–H groups in total. The number of para-hydroxylation sites is 4. The second-order valence-corrected chi connectivity index (χ2v) is 11.8. The van der Waals surface area contributed by atoms with Crippen molar-refractivity contribution in [2.24, 2.45) is 0 Å². The Morgan fingerprint density at radius 2 is 0.958 bits per heavy atom. The summed E-state index contributed by atoms with van der Waals surface area (Å²) >= 11 is 0. The molecule has 0 spiro atoms. The third-order valence-corrected chi connectivity index (χ3v) is 9.28. The van der Waals surface area contributed by atoms with Crippen molar-refractivity contribution in [2.75, 3.05) is 0 Å². The molecular weight excluding hydrogens is 587 g/mol. The summed E-state index contributed by atoms with van der Waals surface area (Å²) in [7, 11) is 0. The highest BCUT2D eigenvalue weighted by Crippen LogP contribution is 2.41. The molecule has 0 fully saturated rings. The summed E-state index contributed by atoms with van der Waals surface area (Å²) in [5, 5.41) is 25.5. The van der Waals surface area contributed by atoms with Crippen LogP contribution < -0.4 is 0 Å². The van der Waals surface area contributed by atoms with Crippen LogP contribution in [0.1, 0.15) is 11.1 Å². The first-order valence-electron chi connectivity index (χ1n) is 15.8. The van der Waals surface area contributed by atoms with E-state index in [1.165, 1.54) is 0 Å². The molecular formula is C43H25N5. The number of hydrogen-bond donors (Lipinski definition) is 0. The Balaban J connectivity index is 1.33. The Bertz CT molecular complexity index is 2710. The van der Waals surface area contributed by atoms with E-state index in [1.54, 1.807) is 6.20 Å². The fourth-order valence-corrected chi connectivity index (χ4v) is 7.26. The molecule has 0 aliphatic rings. The minimum absolute atomic E-state index is 0.518. The summed E-state index contributed by atoms with van der Waals surface area (Å²) in [5.41, 5.74) is 10.1. The van der Waals surface area contributed by atoms with Gasteiger partial charge in [0.1, 0.15) is 6.07 Å². The number of aromatic nitrogens is 3. The van der Waals surface area contributed by atoms with Crippen LogP contribution in [-0.4, -0.2) is 14.1 Å². The zero-order valence-corrected chi connectivity index (χ0v) is 25.7. The van der Waals surface area contributed by atoms with Gasteiger partial charge in [-0.15, -0.1) is 0 Å². The van der Waals surface area contributed by atoms with Crippen molar-refractivity contribution in [3.63, 3.8) is 0 Å². The molecule has 0 atom stereocenters. The van der Waals surface area contributed by atoms with Crippen molar-refractivity contribution in [1.29, 1.82) is 10.5 Å². The van der Waals surface area contributed by atoms with Crippen molar-refractivity contribution in [3.8, 4) is 45.9 Å². The van der Waals surface area contributed by atoms with Gasteiger partial charge in [0.05, 0.1) is 56.3 Å². The van der Waals surface area contributed by atoms with Crippen LogP contribution in [0.2, 0.25) is 0 Å². The molecule has 9 aromatic rings. The minimum atomic E-state index is 0.518. The van der Waals surface area contributed by atoms with Crippen LogP contribution in [0, 0.1) is 22.7 Å². The van der Waals surface area contributed by atoms with Gasteiger partial charge in [-0.05, 0) is 48.5 Å². The van der Waals surface area contributed by atoms with Gasteiger partial charge in [0.2, 0.25) is 0 Å². The quantitative estimate of drug-likeness (QED) is 0.199. The average molecular weight is 612 g/mol. The lowest BCUT2D eigenvalue weighted by Crippen LogP contribution is -2.02. The number of benzene rings is 6. The van der Waals surface area contributed by atoms with Crippen LogP contribution in [0.15, 0.2) is 152 Å². The van der Waals surface area contributed by atoms with Gasteiger partial charge in [-0.1, -0.05) is 97.1 Å². The predicted molar refractivity (Wildman–Crippen MR) is 193 cm³/mol. The largest absolute Gasteiger partial charge is 0.309 e. The lowest BCUT2D eigenvalue weighted by atomic mass is 9.92. The topological polar surface area (TPSA) is 70.3 Å². The molecule has 5 heteroatoms. The van der Waals surface area contributed by atoms with E-state index in [0.717, 1.165) is 77.4 Å². The molecule has 0 unspecified atom stereocenters. The molecule has 6 aromatic carbocycles. The number of nitriles is 2. The average Bonchev–Trinajstić information content (AvgIpc) is 3.67. The Morgan fingerprint density at radius 1 is 0.438 bits per heavy atom. The predicted octanol–water partition coefficient (Wildman–Crippen LogP) is 10.4. The summed E-state index contributed by atoms with van der Waals surface area (Å²) < 4.78 is 4.45. The van der Waals surface area contributed by atoms with E-state index in [9.17, 15) is 10.5 Å². The Hall–Kier alpha value is -6.95. The second kappa shape index (κ2) is 10.8. The lowest BCUT2D eigenvalue weighted by Gasteiger charge is -2.18. The van der Waals surface area contributed by atoms with Gasteiger partial charge >= 0.3 is 0 Å². The Morgan fingerprint density at radius 3 is 1.50 bits per heavy atom. The van der Waals surface area contributed by atoms with Crippen LogP contribution in [0.4, 0.5) is 0 Å². The van der Waals surface area contributed by atoms with Crippen molar-refractivity contribution < 1.29 is 0 Å². The zero-order chi connectivity index (χ0) is 32.2. The molecule has 0 aliphatic carbocycles. The van der Waals surface area contributed by atoms with E-state index in [0.29, 0.717) is 11.1 Å². The van der Waals surface area contributed by atoms with E-state index in [2.05, 4.69) is 100 Å². The van der Waals surface area contributed by atoms with Crippen LogP contribution in [0.25, 0.3) is 77.4 Å². The Kier molecular flexibility index (Phi) is 6.18. The van der Waals surface area contributed by atoms with E-state index < -0.39 is 0 Å². The zero-order valence-electron chi connectivity index (χ0n) is 25.7. The SMILES string of the molecule is N#Cc1ccc(-c2cccc(-c3ncccc3-n3c4ccccc4c4ccccc43)c2C#N)c(-n2c3ccccc3c3ccccc32)c1. The number of hydrogen-bond acceptors (Lipinski definition) is 3. The van der Waals surface area contributed by atoms with Crippen molar-refractivity contribution in [3.05, 3.63) is 163 Å². The highest BCUT2D eigenvalue weighted by Gasteiger charge is 2.22. The maximum Gasteiger partial charge on any atom is 0.100 e. The number of pyridine rings is 1. The fraction of sp³-hybridized carbons (Fsp3) is 0. The van der Waals surface area contributed by atoms with Gasteiger partial charge in [-0.2, -0.15) is 10.5 Å². The van der Waals surface area contributed by atoms with Gasteiger partial charge in [-0.3, -0.25) is 4.98 Å². The van der Waals surface area contributed by atoms with E-state index in [-0.39, 0.29) is 0 Å². The van der Waals surface area contributed by atoms with Gasteiger partial charge < -0.3 is 9.13 Å². The van der Waals surface area contributed by atoms with Gasteiger partial charge in [0.25, 0.3) is 0 Å². The molecule has 0 radical (unpaired) electrons. The summed E-state index contributed by atoms with van der Waals surface area (Å²) in [4.78, 5) is 4.92.